The number of likely N-dealkylation sites (tertiary alicyclic amines) is 1. The molecule has 2 aromatic rings. The lowest BCUT2D eigenvalue weighted by Crippen LogP contribution is -2.24. The van der Waals surface area contributed by atoms with Gasteiger partial charge in [-0.1, -0.05) is 18.2 Å². The lowest BCUT2D eigenvalue weighted by Gasteiger charge is -2.26. The van der Waals surface area contributed by atoms with Crippen molar-refractivity contribution in [1.82, 2.24) is 14.5 Å². The van der Waals surface area contributed by atoms with Crippen molar-refractivity contribution in [1.29, 1.82) is 0 Å². The molecular weight excluding hydrogens is 338 g/mol. The molecule has 4 rings (SSSR count). The van der Waals surface area contributed by atoms with E-state index in [1.54, 1.807) is 0 Å². The van der Waals surface area contributed by atoms with Crippen molar-refractivity contribution in [2.45, 2.75) is 51.6 Å². The Balaban J connectivity index is 1.47. The standard InChI is InChI=1S/C22H31N3O2/c1-3-27-21-7-5-4-6-19(21)15-24-11-8-20(16-24)25-17(2)14-23-22(25)18-9-12-26-13-10-18/h4-7,14,18,20H,3,8-13,15-16H2,1-2H3. The van der Waals surface area contributed by atoms with Gasteiger partial charge in [-0.15, -0.1) is 0 Å². The van der Waals surface area contributed by atoms with E-state index in [0.29, 0.717) is 18.6 Å². The Labute approximate surface area is 162 Å². The lowest BCUT2D eigenvalue weighted by atomic mass is 9.99. The predicted molar refractivity (Wildman–Crippen MR) is 106 cm³/mol. The SMILES string of the molecule is CCOc1ccccc1CN1CCC(n2c(C)cnc2C2CCOCC2)C1. The highest BCUT2D eigenvalue weighted by molar-refractivity contribution is 5.33. The molecule has 0 radical (unpaired) electrons. The van der Waals surface area contributed by atoms with Gasteiger partial charge in [0.1, 0.15) is 11.6 Å². The highest BCUT2D eigenvalue weighted by Gasteiger charge is 2.30. The number of hydrogen-bond acceptors (Lipinski definition) is 4. The highest BCUT2D eigenvalue weighted by Crippen LogP contribution is 2.33. The third kappa shape index (κ3) is 4.04. The maximum Gasteiger partial charge on any atom is 0.123 e. The van der Waals surface area contributed by atoms with Crippen LogP contribution in [0.5, 0.6) is 5.75 Å². The number of ether oxygens (including phenoxy) is 2. The van der Waals surface area contributed by atoms with Gasteiger partial charge in [0.15, 0.2) is 0 Å². The van der Waals surface area contributed by atoms with E-state index in [2.05, 4.69) is 46.9 Å². The zero-order valence-electron chi connectivity index (χ0n) is 16.6. The summed E-state index contributed by atoms with van der Waals surface area (Å²) < 4.78 is 13.9. The largest absolute Gasteiger partial charge is 0.494 e. The summed E-state index contributed by atoms with van der Waals surface area (Å²) in [6.45, 7) is 9.83. The van der Waals surface area contributed by atoms with Crippen molar-refractivity contribution in [2.24, 2.45) is 0 Å². The van der Waals surface area contributed by atoms with Crippen LogP contribution in [0, 0.1) is 6.92 Å². The Bertz CT molecular complexity index is 752. The molecule has 0 N–H and O–H groups in total. The minimum absolute atomic E-state index is 0.518. The first-order valence-corrected chi connectivity index (χ1v) is 10.3. The minimum atomic E-state index is 0.518. The maximum absolute atomic E-state index is 5.81. The lowest BCUT2D eigenvalue weighted by molar-refractivity contribution is 0.0824. The van der Waals surface area contributed by atoms with Crippen molar-refractivity contribution in [3.05, 3.63) is 47.5 Å². The molecule has 1 unspecified atom stereocenters. The molecule has 0 saturated carbocycles. The van der Waals surface area contributed by atoms with Crippen LogP contribution in [0.2, 0.25) is 0 Å². The van der Waals surface area contributed by atoms with Crippen molar-refractivity contribution in [3.8, 4) is 5.75 Å². The Morgan fingerprint density at radius 3 is 2.81 bits per heavy atom. The van der Waals surface area contributed by atoms with Crippen LogP contribution in [0.3, 0.4) is 0 Å². The molecule has 2 aliphatic heterocycles. The highest BCUT2D eigenvalue weighted by atomic mass is 16.5. The van der Waals surface area contributed by atoms with E-state index in [1.807, 2.05) is 6.92 Å². The minimum Gasteiger partial charge on any atom is -0.494 e. The molecule has 27 heavy (non-hydrogen) atoms. The first-order valence-electron chi connectivity index (χ1n) is 10.3. The summed E-state index contributed by atoms with van der Waals surface area (Å²) in [5, 5.41) is 0. The van der Waals surface area contributed by atoms with Crippen LogP contribution in [0.1, 0.15) is 55.2 Å². The first kappa shape index (κ1) is 18.5. The van der Waals surface area contributed by atoms with E-state index >= 15 is 0 Å². The average Bonchev–Trinajstić information content (AvgIpc) is 3.30. The number of para-hydroxylation sites is 1. The van der Waals surface area contributed by atoms with Gasteiger partial charge >= 0.3 is 0 Å². The van der Waals surface area contributed by atoms with E-state index in [4.69, 9.17) is 14.5 Å². The number of hydrogen-bond donors (Lipinski definition) is 0. The predicted octanol–water partition coefficient (Wildman–Crippen LogP) is 3.93. The van der Waals surface area contributed by atoms with Crippen LogP contribution < -0.4 is 4.74 Å². The second-order valence-corrected chi connectivity index (χ2v) is 7.73. The number of benzene rings is 1. The van der Waals surface area contributed by atoms with Gasteiger partial charge in [-0.25, -0.2) is 4.98 Å². The second kappa shape index (κ2) is 8.44. The normalized spacial score (nSPS) is 21.6. The number of rotatable bonds is 6. The quantitative estimate of drug-likeness (QED) is 0.773. The molecule has 5 nitrogen and oxygen atoms in total. The Kier molecular flexibility index (Phi) is 5.79. The second-order valence-electron chi connectivity index (χ2n) is 7.73. The van der Waals surface area contributed by atoms with Gasteiger partial charge in [0.05, 0.1) is 6.61 Å². The van der Waals surface area contributed by atoms with Gasteiger partial charge in [0.25, 0.3) is 0 Å². The molecule has 1 atom stereocenters. The first-order chi connectivity index (χ1) is 13.3. The summed E-state index contributed by atoms with van der Waals surface area (Å²) in [5.41, 5.74) is 2.57. The Hall–Kier alpha value is -1.85. The van der Waals surface area contributed by atoms with Crippen molar-refractivity contribution in [3.63, 3.8) is 0 Å². The topological polar surface area (TPSA) is 39.5 Å². The van der Waals surface area contributed by atoms with Crippen LogP contribution in [0.4, 0.5) is 0 Å². The Morgan fingerprint density at radius 1 is 1.19 bits per heavy atom. The smallest absolute Gasteiger partial charge is 0.123 e. The summed E-state index contributed by atoms with van der Waals surface area (Å²) in [5.74, 6) is 2.84. The molecule has 5 heteroatoms. The molecule has 0 aliphatic carbocycles. The fourth-order valence-corrected chi connectivity index (χ4v) is 4.54. The summed E-state index contributed by atoms with van der Waals surface area (Å²) in [4.78, 5) is 7.35. The van der Waals surface area contributed by atoms with Crippen LogP contribution in [-0.4, -0.2) is 47.4 Å². The number of aryl methyl sites for hydroxylation is 1. The van der Waals surface area contributed by atoms with Crippen molar-refractivity contribution >= 4 is 0 Å². The van der Waals surface area contributed by atoms with Gasteiger partial charge in [0, 0.05) is 62.3 Å². The van der Waals surface area contributed by atoms with E-state index < -0.39 is 0 Å². The van der Waals surface area contributed by atoms with Crippen LogP contribution in [0.15, 0.2) is 30.5 Å². The molecular formula is C22H31N3O2. The third-order valence-electron chi connectivity index (χ3n) is 5.88. The van der Waals surface area contributed by atoms with Gasteiger partial charge in [-0.3, -0.25) is 4.90 Å². The molecule has 0 amide bonds. The summed E-state index contributed by atoms with van der Waals surface area (Å²) in [6.07, 6.45) is 5.42. The van der Waals surface area contributed by atoms with Crippen molar-refractivity contribution in [2.75, 3.05) is 32.9 Å². The monoisotopic (exact) mass is 369 g/mol. The molecule has 2 aliphatic rings. The fraction of sp³-hybridized carbons (Fsp3) is 0.591. The summed E-state index contributed by atoms with van der Waals surface area (Å²) in [7, 11) is 0. The molecule has 1 aromatic heterocycles. The number of nitrogens with zero attached hydrogens (tertiary/aromatic N) is 3. The summed E-state index contributed by atoms with van der Waals surface area (Å²) in [6, 6.07) is 8.94. The molecule has 2 saturated heterocycles. The van der Waals surface area contributed by atoms with Gasteiger partial charge in [0.2, 0.25) is 0 Å². The molecule has 3 heterocycles. The fourth-order valence-electron chi connectivity index (χ4n) is 4.54. The van der Waals surface area contributed by atoms with Crippen LogP contribution >= 0.6 is 0 Å². The van der Waals surface area contributed by atoms with Crippen molar-refractivity contribution < 1.29 is 9.47 Å². The molecule has 0 bridgehead atoms. The van der Waals surface area contributed by atoms with Crippen LogP contribution in [-0.2, 0) is 11.3 Å². The zero-order valence-corrected chi connectivity index (χ0v) is 16.6. The number of imidazole rings is 1. The average molecular weight is 370 g/mol. The van der Waals surface area contributed by atoms with Gasteiger partial charge < -0.3 is 14.0 Å². The van der Waals surface area contributed by atoms with E-state index in [9.17, 15) is 0 Å². The molecule has 1 aromatic carbocycles. The Morgan fingerprint density at radius 2 is 2.00 bits per heavy atom. The molecule has 2 fully saturated rings. The summed E-state index contributed by atoms with van der Waals surface area (Å²) >= 11 is 0. The molecule has 0 spiro atoms. The van der Waals surface area contributed by atoms with E-state index in [-0.39, 0.29) is 0 Å². The van der Waals surface area contributed by atoms with Crippen LogP contribution in [0.25, 0.3) is 0 Å². The number of aromatic nitrogens is 2. The van der Waals surface area contributed by atoms with E-state index in [1.165, 1.54) is 23.5 Å². The van der Waals surface area contributed by atoms with Gasteiger partial charge in [-0.05, 0) is 39.2 Å². The maximum atomic E-state index is 5.81. The molecule has 146 valence electrons. The van der Waals surface area contributed by atoms with Gasteiger partial charge in [-0.2, -0.15) is 0 Å². The zero-order chi connectivity index (χ0) is 18.6. The third-order valence-corrected chi connectivity index (χ3v) is 5.88. The van der Waals surface area contributed by atoms with E-state index in [0.717, 1.165) is 51.4 Å².